The van der Waals surface area contributed by atoms with Crippen LogP contribution < -0.4 is 11.1 Å². The second-order valence-corrected chi connectivity index (χ2v) is 9.44. The maximum Gasteiger partial charge on any atom is 0.165 e. The Hall–Kier alpha value is -4.08. The van der Waals surface area contributed by atoms with E-state index in [4.69, 9.17) is 22.3 Å². The van der Waals surface area contributed by atoms with Gasteiger partial charge in [-0.2, -0.15) is 5.10 Å². The zero-order valence-electron chi connectivity index (χ0n) is 22.1. The smallest absolute Gasteiger partial charge is 0.165 e. The molecular formula is C29H32ClFN8. The van der Waals surface area contributed by atoms with Crippen molar-refractivity contribution in [1.29, 1.82) is 0 Å². The van der Waals surface area contributed by atoms with Crippen LogP contribution in [0.15, 0.2) is 84.0 Å². The van der Waals surface area contributed by atoms with E-state index in [0.717, 1.165) is 37.1 Å². The van der Waals surface area contributed by atoms with Gasteiger partial charge in [-0.05, 0) is 58.0 Å². The summed E-state index contributed by atoms with van der Waals surface area (Å²) < 4.78 is 19.0. The first-order valence-corrected chi connectivity index (χ1v) is 13.0. The molecule has 10 heteroatoms. The molecule has 0 aliphatic carbocycles. The van der Waals surface area contributed by atoms with Crippen molar-refractivity contribution in [2.45, 2.75) is 32.7 Å². The van der Waals surface area contributed by atoms with Crippen LogP contribution in [0.3, 0.4) is 0 Å². The van der Waals surface area contributed by atoms with Crippen molar-refractivity contribution in [2.75, 3.05) is 18.8 Å². The molecule has 0 spiro atoms. The van der Waals surface area contributed by atoms with Gasteiger partial charge in [-0.1, -0.05) is 43.0 Å². The van der Waals surface area contributed by atoms with Gasteiger partial charge in [0.05, 0.1) is 34.2 Å². The number of anilines is 1. The minimum Gasteiger partial charge on any atom is -0.383 e. The Labute approximate surface area is 232 Å². The van der Waals surface area contributed by atoms with Crippen LogP contribution in [0.2, 0.25) is 0 Å². The number of pyridine rings is 1. The highest BCUT2D eigenvalue weighted by Crippen LogP contribution is 2.38. The van der Waals surface area contributed by atoms with Gasteiger partial charge in [-0.3, -0.25) is 9.25 Å². The largest absolute Gasteiger partial charge is 0.383 e. The lowest BCUT2D eigenvalue weighted by atomic mass is 10.1. The molecule has 4 rings (SSSR count). The van der Waals surface area contributed by atoms with Gasteiger partial charge < -0.3 is 11.1 Å². The summed E-state index contributed by atoms with van der Waals surface area (Å²) in [5, 5.41) is 7.84. The van der Waals surface area contributed by atoms with Crippen LogP contribution in [-0.4, -0.2) is 43.6 Å². The number of rotatable bonds is 9. The molecule has 8 nitrogen and oxygen atoms in total. The van der Waals surface area contributed by atoms with Gasteiger partial charge in [0.25, 0.3) is 0 Å². The van der Waals surface area contributed by atoms with Gasteiger partial charge in [0.1, 0.15) is 11.6 Å². The van der Waals surface area contributed by atoms with Gasteiger partial charge >= 0.3 is 0 Å². The second kappa shape index (κ2) is 12.6. The third-order valence-corrected chi connectivity index (χ3v) is 6.68. The molecule has 3 aromatic rings. The first-order chi connectivity index (χ1) is 18.8. The van der Waals surface area contributed by atoms with Crippen LogP contribution in [0.1, 0.15) is 31.5 Å². The molecule has 1 aliphatic rings. The molecule has 0 saturated carbocycles. The molecule has 1 aliphatic heterocycles. The molecule has 1 fully saturated rings. The molecule has 3 N–H and O–H groups in total. The van der Waals surface area contributed by atoms with Crippen molar-refractivity contribution in [1.82, 2.24) is 29.6 Å². The number of piperidine rings is 1. The molecule has 0 radical (unpaired) electrons. The van der Waals surface area contributed by atoms with E-state index in [1.54, 1.807) is 25.4 Å². The minimum absolute atomic E-state index is 0.0412. The lowest BCUT2D eigenvalue weighted by molar-refractivity contribution is 0.343. The van der Waals surface area contributed by atoms with E-state index in [9.17, 15) is 0 Å². The molecule has 3 aromatic heterocycles. The summed E-state index contributed by atoms with van der Waals surface area (Å²) in [4.78, 5) is 13.7. The fourth-order valence-corrected chi connectivity index (χ4v) is 4.52. The summed E-state index contributed by atoms with van der Waals surface area (Å²) in [7, 11) is 0. The molecule has 0 bridgehead atoms. The molecule has 0 amide bonds. The quantitative estimate of drug-likeness (QED) is 0.235. The second-order valence-electron chi connectivity index (χ2n) is 9.03. The monoisotopic (exact) mass is 546 g/mol. The summed E-state index contributed by atoms with van der Waals surface area (Å²) in [5.74, 6) is 0.232. The fourth-order valence-electron chi connectivity index (χ4n) is 4.34. The Morgan fingerprint density at radius 1 is 1.26 bits per heavy atom. The van der Waals surface area contributed by atoms with E-state index in [-0.39, 0.29) is 16.5 Å². The lowest BCUT2D eigenvalue weighted by Crippen LogP contribution is -2.29. The van der Waals surface area contributed by atoms with Crippen molar-refractivity contribution in [3.8, 4) is 22.5 Å². The molecule has 202 valence electrons. The molecule has 39 heavy (non-hydrogen) atoms. The van der Waals surface area contributed by atoms with Crippen molar-refractivity contribution in [3.05, 3.63) is 84.7 Å². The number of hydrogen-bond donors (Lipinski definition) is 2. The number of nitrogens with one attached hydrogen (secondary N) is 1. The Morgan fingerprint density at radius 3 is 2.74 bits per heavy atom. The van der Waals surface area contributed by atoms with Crippen molar-refractivity contribution in [2.24, 2.45) is 4.99 Å². The lowest BCUT2D eigenvalue weighted by Gasteiger charge is -2.22. The number of nitrogens with zero attached hydrogens (tertiary/aromatic N) is 6. The topological polar surface area (TPSA) is 98.9 Å². The van der Waals surface area contributed by atoms with E-state index in [1.165, 1.54) is 22.8 Å². The highest BCUT2D eigenvalue weighted by molar-refractivity contribution is 6.32. The van der Waals surface area contributed by atoms with Crippen LogP contribution in [0.25, 0.3) is 28.2 Å². The Morgan fingerprint density at radius 2 is 2.03 bits per heavy atom. The van der Waals surface area contributed by atoms with Crippen molar-refractivity contribution in [3.63, 3.8) is 0 Å². The highest BCUT2D eigenvalue weighted by Gasteiger charge is 2.24. The average Bonchev–Trinajstić information content (AvgIpc) is 3.57. The number of nitrogens with two attached hydrogens (primary N) is 1. The van der Waals surface area contributed by atoms with E-state index in [1.807, 2.05) is 36.1 Å². The van der Waals surface area contributed by atoms with Gasteiger partial charge in [-0.15, -0.1) is 0 Å². The summed E-state index contributed by atoms with van der Waals surface area (Å²) in [5.41, 5.74) is 9.07. The van der Waals surface area contributed by atoms with Crippen LogP contribution in [-0.2, 0) is 0 Å². The SMILES string of the molecule is C=C/C=C\C(Cl)=C(\F)C(=C)n1c(-c2cc(-c3cnn(C4CCNCC4)c3)cnc2N)nc(C)c1/N=C\C=C/C. The van der Waals surface area contributed by atoms with Gasteiger partial charge in [0, 0.05) is 29.7 Å². The summed E-state index contributed by atoms with van der Waals surface area (Å²) in [6, 6.07) is 2.22. The normalized spacial score (nSPS) is 15.5. The maximum atomic E-state index is 15.5. The third kappa shape index (κ3) is 6.16. The van der Waals surface area contributed by atoms with Crippen LogP contribution in [0, 0.1) is 6.92 Å². The zero-order chi connectivity index (χ0) is 27.9. The van der Waals surface area contributed by atoms with E-state index >= 15 is 4.39 Å². The number of hydrogen-bond acceptors (Lipinski definition) is 6. The first-order valence-electron chi connectivity index (χ1n) is 12.7. The number of allylic oxidation sites excluding steroid dienone is 8. The van der Waals surface area contributed by atoms with Crippen LogP contribution in [0.4, 0.5) is 16.0 Å². The summed E-state index contributed by atoms with van der Waals surface area (Å²) in [6.45, 7) is 13.2. The van der Waals surface area contributed by atoms with Crippen molar-refractivity contribution < 1.29 is 4.39 Å². The van der Waals surface area contributed by atoms with Gasteiger partial charge in [0.15, 0.2) is 11.6 Å². The Balaban J connectivity index is 1.83. The molecular weight excluding hydrogens is 515 g/mol. The number of aliphatic imine (C=N–C) groups is 1. The standard InChI is InChI=1S/C29H32ClFN8/c1-5-7-9-25(30)26(31)20(4)39-28(34-12-8-6-2)19(3)37-29(39)24-15-21(16-35-27(24)32)22-17-36-38(18-22)23-10-13-33-14-11-23/h5-9,12,15-18,23,33H,1,4,10-11,13-14H2,2-3H3,(H2,32,35)/b8-6-,9-7-,26-25-,34-12-. The van der Waals surface area contributed by atoms with Gasteiger partial charge in [0.2, 0.25) is 0 Å². The molecule has 1 saturated heterocycles. The van der Waals surface area contributed by atoms with Crippen molar-refractivity contribution >= 4 is 35.1 Å². The first kappa shape index (κ1) is 27.9. The molecule has 0 atom stereocenters. The van der Waals surface area contributed by atoms with Crippen LogP contribution in [0.5, 0.6) is 0 Å². The molecule has 0 unspecified atom stereocenters. The predicted octanol–water partition coefficient (Wildman–Crippen LogP) is 6.53. The molecule has 0 aromatic carbocycles. The number of halogens is 2. The Bertz CT molecular complexity index is 1480. The van der Waals surface area contributed by atoms with E-state index in [2.05, 4.69) is 33.5 Å². The predicted molar refractivity (Wildman–Crippen MR) is 159 cm³/mol. The third-order valence-electron chi connectivity index (χ3n) is 6.38. The van der Waals surface area contributed by atoms with E-state index < -0.39 is 5.83 Å². The number of nitrogen functional groups attached to an aromatic ring is 1. The average molecular weight is 547 g/mol. The minimum atomic E-state index is -0.734. The van der Waals surface area contributed by atoms with E-state index in [0.29, 0.717) is 28.9 Å². The highest BCUT2D eigenvalue weighted by atomic mass is 35.5. The number of imidazole rings is 1. The molecule has 4 heterocycles. The zero-order valence-corrected chi connectivity index (χ0v) is 22.9. The van der Waals surface area contributed by atoms with Crippen LogP contribution >= 0.6 is 11.6 Å². The Kier molecular flexibility index (Phi) is 9.06. The van der Waals surface area contributed by atoms with Gasteiger partial charge in [-0.25, -0.2) is 19.4 Å². The number of aryl methyl sites for hydroxylation is 1. The summed E-state index contributed by atoms with van der Waals surface area (Å²) >= 11 is 6.22. The summed E-state index contributed by atoms with van der Waals surface area (Å²) in [6.07, 6.45) is 17.2. The fraction of sp³-hybridized carbons (Fsp3) is 0.241. The number of aromatic nitrogens is 5. The maximum absolute atomic E-state index is 15.5.